The average Bonchev–Trinajstić information content (AvgIpc) is 2.92. The summed E-state index contributed by atoms with van der Waals surface area (Å²) in [6.07, 6.45) is 6.23. The van der Waals surface area contributed by atoms with Gasteiger partial charge in [0.05, 0.1) is 11.7 Å². The summed E-state index contributed by atoms with van der Waals surface area (Å²) in [5.74, 6) is -1.42. The molecule has 5 nitrogen and oxygen atoms in total. The van der Waals surface area contributed by atoms with Crippen molar-refractivity contribution in [1.29, 1.82) is 0 Å². The van der Waals surface area contributed by atoms with E-state index in [-0.39, 0.29) is 29.9 Å². The van der Waals surface area contributed by atoms with Crippen LogP contribution in [0.2, 0.25) is 0 Å². The molecule has 0 spiro atoms. The van der Waals surface area contributed by atoms with Crippen LogP contribution in [0.25, 0.3) is 6.08 Å². The van der Waals surface area contributed by atoms with E-state index in [1.165, 1.54) is 6.08 Å². The Hall–Kier alpha value is -2.24. The Morgan fingerprint density at radius 1 is 1.03 bits per heavy atom. The van der Waals surface area contributed by atoms with Crippen LogP contribution in [0.1, 0.15) is 61.2 Å². The van der Waals surface area contributed by atoms with Gasteiger partial charge in [-0.15, -0.1) is 0 Å². The second-order valence-corrected chi connectivity index (χ2v) is 8.51. The van der Waals surface area contributed by atoms with E-state index in [2.05, 4.69) is 0 Å². The van der Waals surface area contributed by atoms with Crippen molar-refractivity contribution in [2.45, 2.75) is 72.1 Å². The largest absolute Gasteiger partial charge is 0.458 e. The molecule has 1 aromatic carbocycles. The number of hydrogen-bond donors (Lipinski definition) is 0. The minimum atomic E-state index is -0.816. The molecule has 0 aromatic heterocycles. The molecule has 2 aliphatic rings. The summed E-state index contributed by atoms with van der Waals surface area (Å²) < 4.78 is 17.6. The molecule has 0 saturated carbocycles. The molecule has 5 heteroatoms. The van der Waals surface area contributed by atoms with E-state index in [0.717, 1.165) is 16.7 Å². The van der Waals surface area contributed by atoms with E-state index in [0.29, 0.717) is 12.0 Å². The van der Waals surface area contributed by atoms with Crippen LogP contribution in [-0.4, -0.2) is 35.9 Å². The minimum Gasteiger partial charge on any atom is -0.458 e. The van der Waals surface area contributed by atoms with Crippen molar-refractivity contribution in [2.24, 2.45) is 5.92 Å². The zero-order chi connectivity index (χ0) is 21.3. The van der Waals surface area contributed by atoms with Crippen LogP contribution in [0.15, 0.2) is 30.4 Å². The van der Waals surface area contributed by atoms with E-state index in [4.69, 9.17) is 14.2 Å². The van der Waals surface area contributed by atoms with Gasteiger partial charge in [-0.25, -0.2) is 4.79 Å². The molecule has 29 heavy (non-hydrogen) atoms. The lowest BCUT2D eigenvalue weighted by Gasteiger charge is -2.20. The third-order valence-corrected chi connectivity index (χ3v) is 5.44. The summed E-state index contributed by atoms with van der Waals surface area (Å²) in [6, 6.07) is 3.95. The molecule has 0 amide bonds. The van der Waals surface area contributed by atoms with Gasteiger partial charge >= 0.3 is 5.97 Å². The van der Waals surface area contributed by atoms with Crippen molar-refractivity contribution in [2.75, 3.05) is 0 Å². The first-order valence-corrected chi connectivity index (χ1v) is 10.1. The summed E-state index contributed by atoms with van der Waals surface area (Å²) in [5.41, 5.74) is 3.33. The Morgan fingerprint density at radius 3 is 2.48 bits per heavy atom. The Bertz CT molecular complexity index is 864. The standard InChI is InChI=1S/C24H30O5/c1-14-12-16(3)21-18(13-14)8-7-9-20-22(29-24(5,6)28-20)19(25)11-10-15(2)17(4)27-23(21)26/h7-8,10-13,15,17,20,22H,9H2,1-6H3/b8-7+,11-10-/t15-,17+,20+,22?/m1/s1. The highest BCUT2D eigenvalue weighted by molar-refractivity contribution is 5.96. The number of rotatable bonds is 0. The van der Waals surface area contributed by atoms with E-state index >= 15 is 0 Å². The average molecular weight is 398 g/mol. The lowest BCUT2D eigenvalue weighted by molar-refractivity contribution is -0.152. The Labute approximate surface area is 172 Å². The first-order chi connectivity index (χ1) is 13.6. The van der Waals surface area contributed by atoms with Gasteiger partial charge in [0, 0.05) is 5.92 Å². The van der Waals surface area contributed by atoms with Gasteiger partial charge in [0.2, 0.25) is 0 Å². The molecule has 0 N–H and O–H groups in total. The molecule has 2 heterocycles. The van der Waals surface area contributed by atoms with Crippen molar-refractivity contribution in [3.8, 4) is 0 Å². The zero-order valence-electron chi connectivity index (χ0n) is 18.0. The van der Waals surface area contributed by atoms with E-state index < -0.39 is 11.9 Å². The summed E-state index contributed by atoms with van der Waals surface area (Å²) in [7, 11) is 0. The third-order valence-electron chi connectivity index (χ3n) is 5.44. The van der Waals surface area contributed by atoms with Gasteiger partial charge in [-0.1, -0.05) is 42.8 Å². The molecule has 2 aliphatic heterocycles. The van der Waals surface area contributed by atoms with Crippen molar-refractivity contribution < 1.29 is 23.8 Å². The summed E-state index contributed by atoms with van der Waals surface area (Å²) >= 11 is 0. The molecule has 1 fully saturated rings. The van der Waals surface area contributed by atoms with Gasteiger partial charge in [0.1, 0.15) is 12.2 Å². The van der Waals surface area contributed by atoms with Crippen LogP contribution in [0.3, 0.4) is 0 Å². The minimum absolute atomic E-state index is 0.121. The smallest absolute Gasteiger partial charge is 0.339 e. The van der Waals surface area contributed by atoms with Crippen molar-refractivity contribution in [3.05, 3.63) is 52.6 Å². The first-order valence-electron chi connectivity index (χ1n) is 10.1. The van der Waals surface area contributed by atoms with Crippen LogP contribution in [-0.2, 0) is 19.0 Å². The predicted octanol–water partition coefficient (Wildman–Crippen LogP) is 4.55. The molecule has 3 rings (SSSR count). The summed E-state index contributed by atoms with van der Waals surface area (Å²) in [4.78, 5) is 25.6. The number of carbonyl (C=O) groups excluding carboxylic acids is 2. The SMILES string of the molecule is Cc1cc(C)c2c(c1)/C=C/C[C@@H]1OC(C)(C)OC1C(=O)/C=C\[C@@H](C)[C@H](C)OC2=O. The number of ether oxygens (including phenoxy) is 3. The maximum Gasteiger partial charge on any atom is 0.339 e. The van der Waals surface area contributed by atoms with Crippen molar-refractivity contribution in [1.82, 2.24) is 0 Å². The maximum atomic E-state index is 12.9. The molecule has 1 saturated heterocycles. The van der Waals surface area contributed by atoms with Crippen molar-refractivity contribution >= 4 is 17.8 Å². The van der Waals surface area contributed by atoms with E-state index in [1.54, 1.807) is 6.08 Å². The zero-order valence-corrected chi connectivity index (χ0v) is 18.0. The molecule has 0 bridgehead atoms. The number of hydrogen-bond acceptors (Lipinski definition) is 5. The number of fused-ring (bicyclic) bond motifs is 2. The predicted molar refractivity (Wildman–Crippen MR) is 112 cm³/mol. The normalized spacial score (nSPS) is 31.9. The molecule has 4 atom stereocenters. The molecular weight excluding hydrogens is 368 g/mol. The van der Waals surface area contributed by atoms with E-state index in [9.17, 15) is 9.59 Å². The van der Waals surface area contributed by atoms with Crippen LogP contribution in [0.5, 0.6) is 0 Å². The summed E-state index contributed by atoms with van der Waals surface area (Å²) in [6.45, 7) is 11.3. The Kier molecular flexibility index (Phi) is 6.11. The monoisotopic (exact) mass is 398 g/mol. The maximum absolute atomic E-state index is 12.9. The molecule has 0 radical (unpaired) electrons. The van der Waals surface area contributed by atoms with E-state index in [1.807, 2.05) is 65.8 Å². The lowest BCUT2D eigenvalue weighted by atomic mass is 9.96. The second-order valence-electron chi connectivity index (χ2n) is 8.51. The van der Waals surface area contributed by atoms with Gasteiger partial charge in [-0.3, -0.25) is 4.79 Å². The fourth-order valence-electron chi connectivity index (χ4n) is 3.82. The topological polar surface area (TPSA) is 61.8 Å². The first kappa shape index (κ1) is 21.5. The molecular formula is C24H30O5. The van der Waals surface area contributed by atoms with Gasteiger partial charge < -0.3 is 14.2 Å². The van der Waals surface area contributed by atoms with Crippen LogP contribution in [0, 0.1) is 19.8 Å². The Balaban J connectivity index is 2.03. The van der Waals surface area contributed by atoms with Crippen LogP contribution >= 0.6 is 0 Å². The summed E-state index contributed by atoms with van der Waals surface area (Å²) in [5, 5.41) is 0. The van der Waals surface area contributed by atoms with Crippen molar-refractivity contribution in [3.63, 3.8) is 0 Å². The van der Waals surface area contributed by atoms with Crippen LogP contribution < -0.4 is 0 Å². The quantitative estimate of drug-likeness (QED) is 0.600. The highest BCUT2D eigenvalue weighted by Gasteiger charge is 2.43. The molecule has 1 aromatic rings. The number of carbonyl (C=O) groups is 2. The second kappa shape index (κ2) is 8.25. The van der Waals surface area contributed by atoms with Gasteiger partial charge in [-0.2, -0.15) is 0 Å². The van der Waals surface area contributed by atoms with Gasteiger partial charge in [-0.05, 0) is 58.2 Å². The van der Waals surface area contributed by atoms with Gasteiger partial charge in [0.25, 0.3) is 0 Å². The highest BCUT2D eigenvalue weighted by Crippen LogP contribution is 2.32. The lowest BCUT2D eigenvalue weighted by Crippen LogP contribution is -2.30. The number of aryl methyl sites for hydroxylation is 2. The number of cyclic esters (lactones) is 1. The molecule has 0 aliphatic carbocycles. The van der Waals surface area contributed by atoms with Gasteiger partial charge in [0.15, 0.2) is 11.6 Å². The number of esters is 1. The highest BCUT2D eigenvalue weighted by atomic mass is 16.8. The third kappa shape index (κ3) is 4.85. The number of ketones is 1. The molecule has 156 valence electrons. The van der Waals surface area contributed by atoms with Crippen LogP contribution in [0.4, 0.5) is 0 Å². The molecule has 1 unspecified atom stereocenters. The number of benzene rings is 1. The fraction of sp³-hybridized carbons (Fsp3) is 0.500. The Morgan fingerprint density at radius 2 is 1.76 bits per heavy atom. The fourth-order valence-corrected chi connectivity index (χ4v) is 3.82.